The molecule has 0 radical (unpaired) electrons. The number of nitrogens with zero attached hydrogens (tertiary/aromatic N) is 2. The van der Waals surface area contributed by atoms with Crippen molar-refractivity contribution >= 4 is 28.4 Å². The number of fused-ring (bicyclic) bond motifs is 1. The minimum Gasteiger partial charge on any atom is -0.494 e. The molecule has 0 spiro atoms. The van der Waals surface area contributed by atoms with Gasteiger partial charge in [0.2, 0.25) is 0 Å². The van der Waals surface area contributed by atoms with E-state index >= 15 is 0 Å². The standard InChI is InChI=1S/C25H24ClN3O2/c1-3-31-23-12-8-19(9-13-23)17(2)28-25(30)20-6-7-21-15-27-29(24(21)14-20)16-18-4-10-22(26)11-5-18/h4-15,17H,3,16H2,1-2H3,(H,28,30)/t17-/m0/s1. The van der Waals surface area contributed by atoms with Crippen LogP contribution in [0.2, 0.25) is 5.02 Å². The highest BCUT2D eigenvalue weighted by atomic mass is 35.5. The van der Waals surface area contributed by atoms with Crippen LogP contribution in [-0.4, -0.2) is 22.3 Å². The zero-order chi connectivity index (χ0) is 21.8. The molecule has 3 aromatic carbocycles. The fraction of sp³-hybridized carbons (Fsp3) is 0.200. The van der Waals surface area contributed by atoms with Crippen LogP contribution >= 0.6 is 11.6 Å². The maximum Gasteiger partial charge on any atom is 0.251 e. The molecular formula is C25H24ClN3O2. The van der Waals surface area contributed by atoms with E-state index in [0.29, 0.717) is 23.7 Å². The minimum atomic E-state index is -0.127. The van der Waals surface area contributed by atoms with Gasteiger partial charge in [-0.1, -0.05) is 41.9 Å². The Morgan fingerprint density at radius 2 is 1.84 bits per heavy atom. The van der Waals surface area contributed by atoms with Crippen molar-refractivity contribution in [3.8, 4) is 5.75 Å². The molecule has 0 saturated carbocycles. The van der Waals surface area contributed by atoms with E-state index in [4.69, 9.17) is 16.3 Å². The Morgan fingerprint density at radius 3 is 2.55 bits per heavy atom. The van der Waals surface area contributed by atoms with E-state index in [9.17, 15) is 4.79 Å². The number of hydrogen-bond donors (Lipinski definition) is 1. The first-order valence-electron chi connectivity index (χ1n) is 10.3. The van der Waals surface area contributed by atoms with Gasteiger partial charge in [0.25, 0.3) is 5.91 Å². The lowest BCUT2D eigenvalue weighted by Gasteiger charge is -2.15. The average molecular weight is 434 g/mol. The lowest BCUT2D eigenvalue weighted by molar-refractivity contribution is 0.0940. The number of amides is 1. The average Bonchev–Trinajstić information content (AvgIpc) is 3.18. The normalized spacial score (nSPS) is 12.0. The van der Waals surface area contributed by atoms with Gasteiger partial charge in [0.1, 0.15) is 5.75 Å². The van der Waals surface area contributed by atoms with Crippen LogP contribution in [0.1, 0.15) is 41.4 Å². The maximum atomic E-state index is 12.9. The third kappa shape index (κ3) is 4.89. The van der Waals surface area contributed by atoms with Crippen LogP contribution in [-0.2, 0) is 6.54 Å². The van der Waals surface area contributed by atoms with Crippen molar-refractivity contribution < 1.29 is 9.53 Å². The zero-order valence-electron chi connectivity index (χ0n) is 17.5. The Morgan fingerprint density at radius 1 is 1.10 bits per heavy atom. The van der Waals surface area contributed by atoms with Gasteiger partial charge >= 0.3 is 0 Å². The van der Waals surface area contributed by atoms with Crippen LogP contribution in [0.15, 0.2) is 72.9 Å². The molecule has 6 heteroatoms. The second kappa shape index (κ2) is 9.23. The van der Waals surface area contributed by atoms with Gasteiger partial charge in [0, 0.05) is 16.0 Å². The van der Waals surface area contributed by atoms with Gasteiger partial charge in [-0.25, -0.2) is 0 Å². The highest BCUT2D eigenvalue weighted by Crippen LogP contribution is 2.21. The third-order valence-corrected chi connectivity index (χ3v) is 5.44. The topological polar surface area (TPSA) is 56.1 Å². The van der Waals surface area contributed by atoms with Crippen molar-refractivity contribution in [2.75, 3.05) is 6.61 Å². The van der Waals surface area contributed by atoms with Gasteiger partial charge in [0.15, 0.2) is 0 Å². The molecule has 5 nitrogen and oxygen atoms in total. The highest BCUT2D eigenvalue weighted by molar-refractivity contribution is 6.30. The number of benzene rings is 3. The predicted octanol–water partition coefficient (Wildman–Crippen LogP) is 5.63. The second-order valence-electron chi connectivity index (χ2n) is 7.40. The molecule has 1 atom stereocenters. The Balaban J connectivity index is 1.50. The molecule has 0 saturated heterocycles. The van der Waals surface area contributed by atoms with Crippen molar-refractivity contribution in [1.82, 2.24) is 15.1 Å². The Kier molecular flexibility index (Phi) is 6.23. The number of ether oxygens (including phenoxy) is 1. The predicted molar refractivity (Wildman–Crippen MR) is 124 cm³/mol. The van der Waals surface area contributed by atoms with Gasteiger partial charge in [-0.3, -0.25) is 9.48 Å². The van der Waals surface area contributed by atoms with Crippen LogP contribution in [0, 0.1) is 0 Å². The summed E-state index contributed by atoms with van der Waals surface area (Å²) >= 11 is 5.98. The molecule has 0 unspecified atom stereocenters. The molecule has 4 aromatic rings. The molecular weight excluding hydrogens is 410 g/mol. The van der Waals surface area contributed by atoms with Crippen molar-refractivity contribution in [3.63, 3.8) is 0 Å². The summed E-state index contributed by atoms with van der Waals surface area (Å²) in [5, 5.41) is 9.25. The number of carbonyl (C=O) groups excluding carboxylic acids is 1. The first-order valence-corrected chi connectivity index (χ1v) is 10.6. The summed E-state index contributed by atoms with van der Waals surface area (Å²) in [7, 11) is 0. The molecule has 158 valence electrons. The summed E-state index contributed by atoms with van der Waals surface area (Å²) in [6, 6.07) is 21.0. The molecule has 1 N–H and O–H groups in total. The first-order chi connectivity index (χ1) is 15.0. The van der Waals surface area contributed by atoms with Gasteiger partial charge in [-0.05, 0) is 61.4 Å². The molecule has 0 aliphatic heterocycles. The summed E-state index contributed by atoms with van der Waals surface area (Å²) in [5.74, 6) is 0.701. The van der Waals surface area contributed by atoms with Crippen molar-refractivity contribution in [2.45, 2.75) is 26.4 Å². The van der Waals surface area contributed by atoms with Crippen LogP contribution < -0.4 is 10.1 Å². The number of hydrogen-bond acceptors (Lipinski definition) is 3. The highest BCUT2D eigenvalue weighted by Gasteiger charge is 2.14. The second-order valence-corrected chi connectivity index (χ2v) is 7.84. The van der Waals surface area contributed by atoms with Gasteiger partial charge < -0.3 is 10.1 Å². The molecule has 0 bridgehead atoms. The number of rotatable bonds is 7. The Labute approximate surface area is 186 Å². The Bertz CT molecular complexity index is 1180. The minimum absolute atomic E-state index is 0.123. The van der Waals surface area contributed by atoms with Crippen LogP contribution in [0.4, 0.5) is 0 Å². The number of aromatic nitrogens is 2. The summed E-state index contributed by atoms with van der Waals surface area (Å²) in [6.45, 7) is 5.16. The number of halogens is 1. The van der Waals surface area contributed by atoms with Gasteiger partial charge in [-0.2, -0.15) is 5.10 Å². The molecule has 0 aliphatic rings. The van der Waals surface area contributed by atoms with E-state index in [2.05, 4.69) is 10.4 Å². The van der Waals surface area contributed by atoms with Crippen LogP contribution in [0.25, 0.3) is 10.9 Å². The molecule has 0 aliphatic carbocycles. The quantitative estimate of drug-likeness (QED) is 0.411. The van der Waals surface area contributed by atoms with E-state index < -0.39 is 0 Å². The smallest absolute Gasteiger partial charge is 0.251 e. The van der Waals surface area contributed by atoms with Crippen molar-refractivity contribution in [3.05, 3.63) is 94.6 Å². The molecule has 4 rings (SSSR count). The largest absolute Gasteiger partial charge is 0.494 e. The summed E-state index contributed by atoms with van der Waals surface area (Å²) in [4.78, 5) is 12.9. The van der Waals surface area contributed by atoms with Crippen molar-refractivity contribution in [2.24, 2.45) is 0 Å². The van der Waals surface area contributed by atoms with E-state index in [1.165, 1.54) is 0 Å². The first kappa shape index (κ1) is 20.9. The molecule has 1 amide bonds. The SMILES string of the molecule is CCOc1ccc([C@H](C)NC(=O)c2ccc3cnn(Cc4ccc(Cl)cc4)c3c2)cc1. The monoisotopic (exact) mass is 433 g/mol. The Hall–Kier alpha value is -3.31. The molecule has 1 heterocycles. The van der Waals surface area contributed by atoms with E-state index in [0.717, 1.165) is 27.8 Å². The van der Waals surface area contributed by atoms with Crippen molar-refractivity contribution in [1.29, 1.82) is 0 Å². The molecule has 31 heavy (non-hydrogen) atoms. The number of carbonyl (C=O) groups is 1. The van der Waals surface area contributed by atoms with Gasteiger partial charge in [0.05, 0.1) is 30.9 Å². The lowest BCUT2D eigenvalue weighted by Crippen LogP contribution is -2.26. The maximum absolute atomic E-state index is 12.9. The molecule has 0 fully saturated rings. The van der Waals surface area contributed by atoms with E-state index in [1.807, 2.05) is 91.5 Å². The van der Waals surface area contributed by atoms with E-state index in [1.54, 1.807) is 0 Å². The van der Waals surface area contributed by atoms with E-state index in [-0.39, 0.29) is 11.9 Å². The van der Waals surface area contributed by atoms with Gasteiger partial charge in [-0.15, -0.1) is 0 Å². The van der Waals surface area contributed by atoms with Crippen LogP contribution in [0.5, 0.6) is 5.75 Å². The number of nitrogens with one attached hydrogen (secondary N) is 1. The summed E-state index contributed by atoms with van der Waals surface area (Å²) in [6.07, 6.45) is 1.81. The summed E-state index contributed by atoms with van der Waals surface area (Å²) in [5.41, 5.74) is 3.62. The molecule has 1 aromatic heterocycles. The third-order valence-electron chi connectivity index (χ3n) is 5.19. The summed E-state index contributed by atoms with van der Waals surface area (Å²) < 4.78 is 7.38. The zero-order valence-corrected chi connectivity index (χ0v) is 18.3. The lowest BCUT2D eigenvalue weighted by atomic mass is 10.1. The fourth-order valence-electron chi connectivity index (χ4n) is 3.48. The van der Waals surface area contributed by atoms with Crippen LogP contribution in [0.3, 0.4) is 0 Å². The fourth-order valence-corrected chi connectivity index (χ4v) is 3.61.